The Balaban J connectivity index is 5.16. The minimum atomic E-state index is -4.97. The van der Waals surface area contributed by atoms with E-state index >= 15 is 0 Å². The Labute approximate surface area is 670 Å². The van der Waals surface area contributed by atoms with Gasteiger partial charge in [0.2, 0.25) is 0 Å². The van der Waals surface area contributed by atoms with Crippen LogP contribution in [0.2, 0.25) is 0 Å². The van der Waals surface area contributed by atoms with Crippen molar-refractivity contribution in [3.05, 3.63) is 0 Å². The fraction of sp³-hybridized carbons (Fsp3) is 0.956. The van der Waals surface area contributed by atoms with Gasteiger partial charge in [-0.25, -0.2) is 9.13 Å². The van der Waals surface area contributed by atoms with E-state index in [0.29, 0.717) is 25.7 Å². The van der Waals surface area contributed by atoms with E-state index in [1.54, 1.807) is 0 Å². The Morgan fingerprint density at radius 1 is 0.248 bits per heavy atom. The van der Waals surface area contributed by atoms with Gasteiger partial charge in [0.05, 0.1) is 26.4 Å². The molecule has 19 heteroatoms. The number of hydrogen-bond donors (Lipinski definition) is 3. The fourth-order valence-electron chi connectivity index (χ4n) is 14.2. The van der Waals surface area contributed by atoms with Gasteiger partial charge in [0.15, 0.2) is 12.2 Å². The van der Waals surface area contributed by atoms with Crippen LogP contribution >= 0.6 is 15.6 Å². The summed E-state index contributed by atoms with van der Waals surface area (Å²) < 4.78 is 68.9. The molecule has 5 atom stereocenters. The summed E-state index contributed by atoms with van der Waals surface area (Å²) in [5, 5.41) is 10.7. The Kier molecular flexibility index (Phi) is 81.1. The van der Waals surface area contributed by atoms with Gasteiger partial charge in [0.1, 0.15) is 19.3 Å². The highest BCUT2D eigenvalue weighted by molar-refractivity contribution is 7.47. The summed E-state index contributed by atoms with van der Waals surface area (Å²) in [4.78, 5) is 73.2. The van der Waals surface area contributed by atoms with Crippen molar-refractivity contribution in [2.24, 2.45) is 5.92 Å². The average Bonchev–Trinajstić information content (AvgIpc) is 0.899. The number of aliphatic hydroxyl groups excluding tert-OH is 1. The quantitative estimate of drug-likeness (QED) is 0.0222. The number of hydrogen-bond acceptors (Lipinski definition) is 15. The molecule has 0 bridgehead atoms. The number of unbranched alkanes of at least 4 members (excludes halogenated alkanes) is 62. The molecule has 3 N–H and O–H groups in total. The Hall–Kier alpha value is -1.94. The first-order valence-electron chi connectivity index (χ1n) is 46.6. The molecule has 0 heterocycles. The maximum absolute atomic E-state index is 13.2. The molecule has 0 saturated heterocycles. The van der Waals surface area contributed by atoms with Crippen LogP contribution in [0.4, 0.5) is 0 Å². The summed E-state index contributed by atoms with van der Waals surface area (Å²) in [7, 11) is -9.93. The molecule has 17 nitrogen and oxygen atoms in total. The maximum atomic E-state index is 13.2. The van der Waals surface area contributed by atoms with Crippen molar-refractivity contribution in [3.63, 3.8) is 0 Å². The normalized spacial score (nSPS) is 13.7. The van der Waals surface area contributed by atoms with Crippen LogP contribution in [0.3, 0.4) is 0 Å². The van der Waals surface area contributed by atoms with Gasteiger partial charge < -0.3 is 33.8 Å². The van der Waals surface area contributed by atoms with Crippen LogP contribution in [0.5, 0.6) is 0 Å². The minimum absolute atomic E-state index is 0.108. The second kappa shape index (κ2) is 82.6. The lowest BCUT2D eigenvalue weighted by Crippen LogP contribution is -2.30. The number of phosphoric acid groups is 2. The lowest BCUT2D eigenvalue weighted by Gasteiger charge is -2.21. The van der Waals surface area contributed by atoms with E-state index in [1.807, 2.05) is 0 Å². The zero-order chi connectivity index (χ0) is 79.7. The van der Waals surface area contributed by atoms with Crippen molar-refractivity contribution in [2.45, 2.75) is 509 Å². The van der Waals surface area contributed by atoms with Gasteiger partial charge in [-0.1, -0.05) is 439 Å². The number of phosphoric ester groups is 2. The minimum Gasteiger partial charge on any atom is -0.462 e. The number of esters is 4. The molecule has 2 unspecified atom stereocenters. The van der Waals surface area contributed by atoms with Crippen LogP contribution in [-0.4, -0.2) is 96.7 Å². The largest absolute Gasteiger partial charge is 0.472 e. The number of rotatable bonds is 90. The molecule has 0 aliphatic heterocycles. The average molecular weight is 1590 g/mol. The van der Waals surface area contributed by atoms with Crippen LogP contribution in [-0.2, 0) is 65.4 Å². The van der Waals surface area contributed by atoms with Crippen molar-refractivity contribution >= 4 is 39.5 Å². The van der Waals surface area contributed by atoms with E-state index in [0.717, 1.165) is 102 Å². The Morgan fingerprint density at radius 2 is 0.422 bits per heavy atom. The number of carbonyl (C=O) groups excluding carboxylic acids is 4. The van der Waals surface area contributed by atoms with Gasteiger partial charge in [0, 0.05) is 25.7 Å². The molecule has 0 rings (SSSR count). The van der Waals surface area contributed by atoms with Gasteiger partial charge in [-0.05, 0) is 31.6 Å². The van der Waals surface area contributed by atoms with Gasteiger partial charge in [-0.15, -0.1) is 0 Å². The number of carbonyl (C=O) groups is 4. The van der Waals surface area contributed by atoms with Crippen LogP contribution < -0.4 is 0 Å². The molecule has 0 fully saturated rings. The zero-order valence-corrected chi connectivity index (χ0v) is 73.5. The molecule has 648 valence electrons. The first-order chi connectivity index (χ1) is 53.0. The zero-order valence-electron chi connectivity index (χ0n) is 71.7. The molecule has 0 amide bonds. The molecule has 0 aliphatic rings. The second-order valence-electron chi connectivity index (χ2n) is 32.8. The number of aliphatic hydroxyl groups is 1. The second-order valence-corrected chi connectivity index (χ2v) is 35.7. The lowest BCUT2D eigenvalue weighted by atomic mass is 10.0. The van der Waals surface area contributed by atoms with E-state index in [1.165, 1.54) is 308 Å². The van der Waals surface area contributed by atoms with Gasteiger partial charge in [0.25, 0.3) is 0 Å². The standard InChI is InChI=1S/C90H176O17P2/c1-6-9-12-15-18-21-23-25-27-29-31-33-35-37-39-41-46-50-54-59-64-69-74-88(93)101-80-86(107-90(95)75-70-65-60-55-51-47-42-40-38-36-34-32-30-28-26-24-22-19-16-13-10-7-2)82-105-109(98,99)103-78-84(91)77-102-108(96,97)104-81-85(79-100-87(92)73-68-63-58-20-17-14-11-8-3)106-89(94)76-71-66-61-56-52-48-44-43-45-49-53-57-62-67-72-83(4)5/h83-86,91H,6-82H2,1-5H3,(H,96,97)(H,98,99)/t84-,85+,86+/m0/s1. The molecule has 0 aliphatic carbocycles. The fourth-order valence-corrected chi connectivity index (χ4v) is 15.8. The van der Waals surface area contributed by atoms with Crippen molar-refractivity contribution in [1.82, 2.24) is 0 Å². The van der Waals surface area contributed by atoms with Crippen LogP contribution in [0, 0.1) is 5.92 Å². The smallest absolute Gasteiger partial charge is 0.462 e. The molecule has 109 heavy (non-hydrogen) atoms. The molecular weight excluding hydrogens is 1410 g/mol. The van der Waals surface area contributed by atoms with Crippen molar-refractivity contribution in [3.8, 4) is 0 Å². The van der Waals surface area contributed by atoms with Crippen LogP contribution in [0.1, 0.15) is 490 Å². The highest BCUT2D eigenvalue weighted by atomic mass is 31.2. The van der Waals surface area contributed by atoms with Gasteiger partial charge in [-0.3, -0.25) is 37.3 Å². The van der Waals surface area contributed by atoms with Gasteiger partial charge >= 0.3 is 39.5 Å². The molecule has 0 spiro atoms. The third-order valence-corrected chi connectivity index (χ3v) is 23.2. The summed E-state index contributed by atoms with van der Waals surface area (Å²) in [6.07, 6.45) is 78.1. The summed E-state index contributed by atoms with van der Waals surface area (Å²) >= 11 is 0. The van der Waals surface area contributed by atoms with Gasteiger partial charge in [-0.2, -0.15) is 0 Å². The molecule has 0 saturated carbocycles. The topological polar surface area (TPSA) is 237 Å². The SMILES string of the molecule is CCCCCCCCCCCCCCCCCCCCCCCCC(=O)OC[C@H](COP(=O)(O)OC[C@@H](O)COP(=O)(O)OC[C@@H](COC(=O)CCCCCCCCCC)OC(=O)CCCCCCCCCCCCCCCCC(C)C)OC(=O)CCCCCCCCCCCCCCCCCCCCCCCC. The van der Waals surface area contributed by atoms with E-state index in [9.17, 15) is 43.2 Å². The summed E-state index contributed by atoms with van der Waals surface area (Å²) in [6, 6.07) is 0. The predicted molar refractivity (Wildman–Crippen MR) is 451 cm³/mol. The van der Waals surface area contributed by atoms with E-state index in [2.05, 4.69) is 34.6 Å². The van der Waals surface area contributed by atoms with Crippen molar-refractivity contribution in [1.29, 1.82) is 0 Å². The van der Waals surface area contributed by atoms with E-state index < -0.39 is 97.5 Å². The third-order valence-electron chi connectivity index (χ3n) is 21.3. The van der Waals surface area contributed by atoms with Crippen LogP contribution in [0.15, 0.2) is 0 Å². The predicted octanol–water partition coefficient (Wildman–Crippen LogP) is 27.9. The highest BCUT2D eigenvalue weighted by Crippen LogP contribution is 2.45. The molecular formula is C90H176O17P2. The first-order valence-corrected chi connectivity index (χ1v) is 49.6. The van der Waals surface area contributed by atoms with Crippen molar-refractivity contribution in [2.75, 3.05) is 39.6 Å². The number of ether oxygens (including phenoxy) is 4. The highest BCUT2D eigenvalue weighted by Gasteiger charge is 2.31. The monoisotopic (exact) mass is 1590 g/mol. The van der Waals surface area contributed by atoms with Crippen LogP contribution in [0.25, 0.3) is 0 Å². The van der Waals surface area contributed by atoms with E-state index in [4.69, 9.17) is 37.0 Å². The summed E-state index contributed by atoms with van der Waals surface area (Å²) in [5.41, 5.74) is 0. The first kappa shape index (κ1) is 107. The Morgan fingerprint density at radius 3 is 0.624 bits per heavy atom. The van der Waals surface area contributed by atoms with Crippen molar-refractivity contribution < 1.29 is 80.2 Å². The Bertz CT molecular complexity index is 2070. The summed E-state index contributed by atoms with van der Waals surface area (Å²) in [5.74, 6) is -1.30. The molecule has 0 aromatic heterocycles. The third kappa shape index (κ3) is 83.8. The molecule has 0 aromatic rings. The van der Waals surface area contributed by atoms with E-state index in [-0.39, 0.29) is 25.7 Å². The lowest BCUT2D eigenvalue weighted by molar-refractivity contribution is -0.161. The molecule has 0 aromatic carbocycles. The maximum Gasteiger partial charge on any atom is 0.472 e. The molecule has 0 radical (unpaired) electrons. The summed E-state index contributed by atoms with van der Waals surface area (Å²) in [6.45, 7) is 7.37.